The largest absolute Gasteiger partial charge is 0.525 e. The number of aromatic nitrogens is 1. The van der Waals surface area contributed by atoms with Crippen LogP contribution in [0, 0.1) is 0 Å². The van der Waals surface area contributed by atoms with Gasteiger partial charge in [-0.15, -0.1) is 6.58 Å². The lowest BCUT2D eigenvalue weighted by Gasteiger charge is -2.32. The molecule has 118 valence electrons. The topological polar surface area (TPSA) is 40.5 Å². The van der Waals surface area contributed by atoms with Crippen LogP contribution >= 0.6 is 0 Å². The zero-order valence-electron chi connectivity index (χ0n) is 13.4. The second-order valence-corrected chi connectivity index (χ2v) is 6.33. The molecule has 0 aliphatic carbocycles. The van der Waals surface area contributed by atoms with E-state index < -0.39 is 24.0 Å². The number of pyridine rings is 1. The number of hydrogen-bond acceptors (Lipinski definition) is 3. The summed E-state index contributed by atoms with van der Waals surface area (Å²) < 4.78 is 27.1. The molecule has 0 N–H and O–H groups in total. The van der Waals surface area contributed by atoms with Gasteiger partial charge in [-0.05, 0) is 45.9 Å². The van der Waals surface area contributed by atoms with Gasteiger partial charge >= 0.3 is 7.12 Å². The van der Waals surface area contributed by atoms with Gasteiger partial charge in [-0.2, -0.15) is 0 Å². The fraction of sp³-hybridized carbons (Fsp3) is 0.438. The molecular weight excluding hydrogens is 284 g/mol. The Balaban J connectivity index is 2.30. The summed E-state index contributed by atoms with van der Waals surface area (Å²) in [7, 11) is -1.10. The summed E-state index contributed by atoms with van der Waals surface area (Å²) in [6, 6.07) is 3.25. The van der Waals surface area contributed by atoms with Crippen LogP contribution in [-0.4, -0.2) is 22.9 Å². The lowest BCUT2D eigenvalue weighted by atomic mass is 9.87. The SMILES string of the molecule is C=CCn1cccc(C=C(F)B2OC(C)(C)C(C)(C)O2)c1=O. The Morgan fingerprint density at radius 3 is 2.50 bits per heavy atom. The van der Waals surface area contributed by atoms with Gasteiger partial charge in [0, 0.05) is 18.3 Å². The highest BCUT2D eigenvalue weighted by molar-refractivity contribution is 6.54. The van der Waals surface area contributed by atoms with Crippen LogP contribution in [0.5, 0.6) is 0 Å². The van der Waals surface area contributed by atoms with Crippen molar-refractivity contribution in [2.75, 3.05) is 0 Å². The van der Waals surface area contributed by atoms with Crippen molar-refractivity contribution < 1.29 is 13.7 Å². The Morgan fingerprint density at radius 1 is 1.36 bits per heavy atom. The summed E-state index contributed by atoms with van der Waals surface area (Å²) in [5.41, 5.74) is -1.90. The van der Waals surface area contributed by atoms with Crippen LogP contribution in [-0.2, 0) is 15.9 Å². The molecule has 1 fully saturated rings. The highest BCUT2D eigenvalue weighted by Crippen LogP contribution is 2.38. The molecule has 2 heterocycles. The molecule has 1 saturated heterocycles. The molecule has 6 heteroatoms. The minimum Gasteiger partial charge on any atom is -0.398 e. The van der Waals surface area contributed by atoms with Gasteiger partial charge in [-0.1, -0.05) is 6.08 Å². The monoisotopic (exact) mass is 305 g/mol. The van der Waals surface area contributed by atoms with Gasteiger partial charge < -0.3 is 13.9 Å². The van der Waals surface area contributed by atoms with E-state index in [9.17, 15) is 9.18 Å². The highest BCUT2D eigenvalue weighted by atomic mass is 19.1. The van der Waals surface area contributed by atoms with Crippen molar-refractivity contribution in [3.05, 3.63) is 52.6 Å². The molecule has 4 nitrogen and oxygen atoms in total. The van der Waals surface area contributed by atoms with Gasteiger partial charge in [0.05, 0.1) is 11.2 Å². The average molecular weight is 305 g/mol. The van der Waals surface area contributed by atoms with Crippen LogP contribution in [0.4, 0.5) is 4.39 Å². The van der Waals surface area contributed by atoms with E-state index in [2.05, 4.69) is 6.58 Å². The molecule has 0 atom stereocenters. The van der Waals surface area contributed by atoms with Gasteiger partial charge in [-0.25, -0.2) is 4.39 Å². The third-order valence-corrected chi connectivity index (χ3v) is 4.15. The average Bonchev–Trinajstić information content (AvgIpc) is 2.63. The molecule has 1 aliphatic rings. The van der Waals surface area contributed by atoms with E-state index in [1.165, 1.54) is 10.6 Å². The maximum Gasteiger partial charge on any atom is 0.525 e. The third-order valence-electron chi connectivity index (χ3n) is 4.15. The van der Waals surface area contributed by atoms with E-state index in [-0.39, 0.29) is 11.1 Å². The Kier molecular flexibility index (Phi) is 4.45. The Labute approximate surface area is 130 Å². The molecule has 0 aromatic carbocycles. The van der Waals surface area contributed by atoms with E-state index in [1.54, 1.807) is 24.4 Å². The van der Waals surface area contributed by atoms with Gasteiger partial charge in [0.1, 0.15) is 5.73 Å². The second kappa shape index (κ2) is 5.86. The lowest BCUT2D eigenvalue weighted by Crippen LogP contribution is -2.41. The minimum absolute atomic E-state index is 0.247. The zero-order chi connectivity index (χ0) is 16.5. The van der Waals surface area contributed by atoms with E-state index in [1.807, 2.05) is 27.7 Å². The quantitative estimate of drug-likeness (QED) is 0.634. The Morgan fingerprint density at radius 2 is 1.95 bits per heavy atom. The molecule has 1 aromatic heterocycles. The van der Waals surface area contributed by atoms with Crippen molar-refractivity contribution >= 4 is 13.2 Å². The predicted octanol–water partition coefficient (Wildman–Crippen LogP) is 2.98. The summed E-state index contributed by atoms with van der Waals surface area (Å²) in [5.74, 6) is 0. The first-order valence-corrected chi connectivity index (χ1v) is 7.21. The zero-order valence-corrected chi connectivity index (χ0v) is 13.4. The summed E-state index contributed by atoms with van der Waals surface area (Å²) in [6.07, 6.45) is 4.41. The van der Waals surface area contributed by atoms with E-state index in [4.69, 9.17) is 9.31 Å². The van der Waals surface area contributed by atoms with Crippen LogP contribution < -0.4 is 5.56 Å². The summed E-state index contributed by atoms with van der Waals surface area (Å²) in [6.45, 7) is 11.4. The number of allylic oxidation sites excluding steroid dienone is 1. The first kappa shape index (κ1) is 16.7. The normalized spacial score (nSPS) is 20.2. The standard InChI is InChI=1S/C16H21BFNO3/c1-6-9-19-10-7-8-12(14(19)20)11-13(18)17-21-15(2,3)16(4,5)22-17/h6-8,10-11H,1,9H2,2-5H3. The molecule has 1 aliphatic heterocycles. The first-order valence-electron chi connectivity index (χ1n) is 7.21. The van der Waals surface area contributed by atoms with E-state index >= 15 is 0 Å². The maximum atomic E-state index is 14.4. The molecular formula is C16H21BFNO3. The van der Waals surface area contributed by atoms with Crippen LogP contribution in [0.2, 0.25) is 0 Å². The predicted molar refractivity (Wildman–Crippen MR) is 86.1 cm³/mol. The van der Waals surface area contributed by atoms with Crippen LogP contribution in [0.25, 0.3) is 6.08 Å². The van der Waals surface area contributed by atoms with Crippen LogP contribution in [0.3, 0.4) is 0 Å². The molecule has 0 saturated carbocycles. The van der Waals surface area contributed by atoms with Crippen molar-refractivity contribution in [3.8, 4) is 0 Å². The molecule has 2 rings (SSSR count). The van der Waals surface area contributed by atoms with Gasteiger partial charge in [0.2, 0.25) is 0 Å². The van der Waals surface area contributed by atoms with Crippen molar-refractivity contribution in [2.24, 2.45) is 0 Å². The fourth-order valence-corrected chi connectivity index (χ4v) is 2.12. The van der Waals surface area contributed by atoms with Gasteiger partial charge in [-0.3, -0.25) is 4.79 Å². The molecule has 0 amide bonds. The van der Waals surface area contributed by atoms with Crippen LogP contribution in [0.1, 0.15) is 33.3 Å². The fourth-order valence-electron chi connectivity index (χ4n) is 2.12. The minimum atomic E-state index is -1.10. The molecule has 1 aromatic rings. The second-order valence-electron chi connectivity index (χ2n) is 6.33. The van der Waals surface area contributed by atoms with Crippen molar-refractivity contribution in [1.82, 2.24) is 4.57 Å². The van der Waals surface area contributed by atoms with Gasteiger partial charge in [0.15, 0.2) is 0 Å². The smallest absolute Gasteiger partial charge is 0.398 e. The maximum absolute atomic E-state index is 14.4. The van der Waals surface area contributed by atoms with E-state index in [0.717, 1.165) is 0 Å². The molecule has 0 radical (unpaired) electrons. The van der Waals surface area contributed by atoms with E-state index in [0.29, 0.717) is 6.54 Å². The summed E-state index contributed by atoms with van der Waals surface area (Å²) in [4.78, 5) is 12.2. The highest BCUT2D eigenvalue weighted by Gasteiger charge is 2.53. The number of rotatable bonds is 4. The van der Waals surface area contributed by atoms with Crippen molar-refractivity contribution in [1.29, 1.82) is 0 Å². The molecule has 0 unspecified atom stereocenters. The third kappa shape index (κ3) is 3.08. The summed E-state index contributed by atoms with van der Waals surface area (Å²) in [5, 5.41) is 0. The van der Waals surface area contributed by atoms with Crippen LogP contribution in [0.15, 0.2) is 41.5 Å². The molecule has 0 spiro atoms. The Hall–Kier alpha value is -1.66. The number of nitrogens with zero attached hydrogens (tertiary/aromatic N) is 1. The number of hydrogen-bond donors (Lipinski definition) is 0. The van der Waals surface area contributed by atoms with Gasteiger partial charge in [0.25, 0.3) is 5.56 Å². The molecule has 0 bridgehead atoms. The number of halogens is 1. The molecule has 22 heavy (non-hydrogen) atoms. The Bertz CT molecular complexity index is 648. The first-order chi connectivity index (χ1) is 10.2. The summed E-state index contributed by atoms with van der Waals surface area (Å²) >= 11 is 0. The van der Waals surface area contributed by atoms with Crippen molar-refractivity contribution in [3.63, 3.8) is 0 Å². The van der Waals surface area contributed by atoms with Crippen molar-refractivity contribution in [2.45, 2.75) is 45.4 Å². The lowest BCUT2D eigenvalue weighted by molar-refractivity contribution is 0.00578.